The van der Waals surface area contributed by atoms with Crippen LogP contribution in [0.15, 0.2) is 46.0 Å². The molecule has 2 aromatic heterocycles. The first-order chi connectivity index (χ1) is 13.0. The maximum atomic E-state index is 12.6. The summed E-state index contributed by atoms with van der Waals surface area (Å²) in [5.74, 6) is -0.000874. The Bertz CT molecular complexity index is 1150. The fourth-order valence-electron chi connectivity index (χ4n) is 3.62. The predicted octanol–water partition coefficient (Wildman–Crippen LogP) is 1.71. The summed E-state index contributed by atoms with van der Waals surface area (Å²) in [5.41, 5.74) is 3.20. The molecule has 7 nitrogen and oxygen atoms in total. The monoisotopic (exact) mass is 364 g/mol. The molecule has 4 rings (SSSR count). The SMILES string of the molecule is Cc1c(CCC(=O)N2CC=C(c3ccccc3)C2)c(=O)[nH]c2[nH][nH]c(=O)c12. The Kier molecular flexibility index (Phi) is 4.27. The zero-order valence-electron chi connectivity index (χ0n) is 15.0. The van der Waals surface area contributed by atoms with Crippen LogP contribution in [0.3, 0.4) is 0 Å². The van der Waals surface area contributed by atoms with Crippen molar-refractivity contribution >= 4 is 22.5 Å². The highest BCUT2D eigenvalue weighted by Gasteiger charge is 2.21. The number of aryl methyl sites for hydroxylation is 1. The van der Waals surface area contributed by atoms with Gasteiger partial charge in [-0.05, 0) is 30.0 Å². The molecule has 1 aromatic carbocycles. The van der Waals surface area contributed by atoms with Crippen molar-refractivity contribution in [3.8, 4) is 0 Å². The predicted molar refractivity (Wildman–Crippen MR) is 104 cm³/mol. The molecule has 1 aliphatic rings. The van der Waals surface area contributed by atoms with Crippen molar-refractivity contribution in [3.05, 3.63) is 73.8 Å². The summed E-state index contributed by atoms with van der Waals surface area (Å²) in [4.78, 5) is 41.3. The van der Waals surface area contributed by atoms with E-state index in [2.05, 4.69) is 21.3 Å². The Morgan fingerprint density at radius 2 is 1.89 bits per heavy atom. The maximum Gasteiger partial charge on any atom is 0.273 e. The molecule has 0 unspecified atom stereocenters. The third-order valence-corrected chi connectivity index (χ3v) is 5.12. The van der Waals surface area contributed by atoms with E-state index >= 15 is 0 Å². The van der Waals surface area contributed by atoms with E-state index < -0.39 is 0 Å². The van der Waals surface area contributed by atoms with Crippen molar-refractivity contribution < 1.29 is 4.79 Å². The molecule has 3 heterocycles. The highest BCUT2D eigenvalue weighted by atomic mass is 16.2. The van der Waals surface area contributed by atoms with Crippen LogP contribution < -0.4 is 11.1 Å². The molecule has 3 N–H and O–H groups in total. The fourth-order valence-corrected chi connectivity index (χ4v) is 3.62. The second-order valence-corrected chi connectivity index (χ2v) is 6.76. The number of benzene rings is 1. The minimum Gasteiger partial charge on any atom is -0.335 e. The van der Waals surface area contributed by atoms with E-state index in [1.54, 1.807) is 11.8 Å². The summed E-state index contributed by atoms with van der Waals surface area (Å²) in [6, 6.07) is 10.00. The summed E-state index contributed by atoms with van der Waals surface area (Å²) in [6.07, 6.45) is 2.60. The van der Waals surface area contributed by atoms with Gasteiger partial charge < -0.3 is 9.88 Å². The van der Waals surface area contributed by atoms with E-state index in [4.69, 9.17) is 0 Å². The lowest BCUT2D eigenvalue weighted by Crippen LogP contribution is -2.29. The van der Waals surface area contributed by atoms with Gasteiger partial charge in [-0.1, -0.05) is 36.4 Å². The first-order valence-corrected chi connectivity index (χ1v) is 8.89. The molecule has 0 fully saturated rings. The van der Waals surface area contributed by atoms with Crippen molar-refractivity contribution in [1.29, 1.82) is 0 Å². The number of fused-ring (bicyclic) bond motifs is 1. The Morgan fingerprint density at radius 3 is 2.67 bits per heavy atom. The smallest absolute Gasteiger partial charge is 0.273 e. The minimum atomic E-state index is -0.275. The van der Waals surface area contributed by atoms with Gasteiger partial charge in [0.05, 0.1) is 5.39 Å². The zero-order chi connectivity index (χ0) is 19.0. The van der Waals surface area contributed by atoms with Gasteiger partial charge in [0.1, 0.15) is 5.65 Å². The van der Waals surface area contributed by atoms with Crippen molar-refractivity contribution in [2.75, 3.05) is 13.1 Å². The average Bonchev–Trinajstić information content (AvgIpc) is 3.29. The molecule has 138 valence electrons. The molecule has 0 saturated carbocycles. The molecule has 0 saturated heterocycles. The number of rotatable bonds is 4. The van der Waals surface area contributed by atoms with Gasteiger partial charge in [0.15, 0.2) is 0 Å². The molecule has 0 spiro atoms. The van der Waals surface area contributed by atoms with E-state index in [9.17, 15) is 14.4 Å². The number of carbonyl (C=O) groups excluding carboxylic acids is 1. The van der Waals surface area contributed by atoms with Crippen LogP contribution in [0.5, 0.6) is 0 Å². The fraction of sp³-hybridized carbons (Fsp3) is 0.250. The van der Waals surface area contributed by atoms with E-state index in [0.29, 0.717) is 41.7 Å². The van der Waals surface area contributed by atoms with Crippen molar-refractivity contribution in [3.63, 3.8) is 0 Å². The topological polar surface area (TPSA) is 102 Å². The molecule has 7 heteroatoms. The van der Waals surface area contributed by atoms with Gasteiger partial charge in [-0.3, -0.25) is 24.6 Å². The maximum absolute atomic E-state index is 12.6. The van der Waals surface area contributed by atoms with E-state index in [1.807, 2.05) is 30.3 Å². The normalized spacial score (nSPS) is 14.0. The lowest BCUT2D eigenvalue weighted by Gasteiger charge is -2.17. The molecule has 1 aliphatic heterocycles. The average molecular weight is 364 g/mol. The largest absolute Gasteiger partial charge is 0.335 e. The summed E-state index contributed by atoms with van der Waals surface area (Å²) < 4.78 is 0. The molecule has 1 amide bonds. The summed E-state index contributed by atoms with van der Waals surface area (Å²) in [5, 5.41) is 5.56. The number of carbonyl (C=O) groups is 1. The van der Waals surface area contributed by atoms with E-state index in [0.717, 1.165) is 11.1 Å². The van der Waals surface area contributed by atoms with Gasteiger partial charge in [0.25, 0.3) is 11.1 Å². The van der Waals surface area contributed by atoms with Crippen LogP contribution in [0.4, 0.5) is 0 Å². The van der Waals surface area contributed by atoms with Gasteiger partial charge >= 0.3 is 0 Å². The molecule has 0 radical (unpaired) electrons. The molecule has 27 heavy (non-hydrogen) atoms. The van der Waals surface area contributed by atoms with Crippen LogP contribution in [0, 0.1) is 6.92 Å². The summed E-state index contributed by atoms with van der Waals surface area (Å²) >= 11 is 0. The van der Waals surface area contributed by atoms with Gasteiger partial charge in [0, 0.05) is 25.1 Å². The standard InChI is InChI=1S/C20H20N4O3/c1-12-15(19(26)21-18-17(12)20(27)23-22-18)7-8-16(25)24-10-9-14(11-24)13-5-3-2-4-6-13/h2-6,9H,7-8,10-11H2,1H3,(H3,21,22,23,26,27). The Morgan fingerprint density at radius 1 is 1.11 bits per heavy atom. The molecular weight excluding hydrogens is 344 g/mol. The van der Waals surface area contributed by atoms with Gasteiger partial charge in [-0.2, -0.15) is 0 Å². The number of aromatic amines is 3. The van der Waals surface area contributed by atoms with Crippen LogP contribution in [0.2, 0.25) is 0 Å². The Hall–Kier alpha value is -3.35. The lowest BCUT2D eigenvalue weighted by molar-refractivity contribution is -0.129. The number of hydrogen-bond acceptors (Lipinski definition) is 3. The summed E-state index contributed by atoms with van der Waals surface area (Å²) in [7, 11) is 0. The Labute approximate surface area is 154 Å². The van der Waals surface area contributed by atoms with Crippen LogP contribution in [0.1, 0.15) is 23.1 Å². The highest BCUT2D eigenvalue weighted by molar-refractivity contribution is 5.83. The summed E-state index contributed by atoms with van der Waals surface area (Å²) in [6.45, 7) is 2.90. The number of hydrogen-bond donors (Lipinski definition) is 3. The number of nitrogens with one attached hydrogen (secondary N) is 3. The number of aromatic nitrogens is 3. The molecular formula is C20H20N4O3. The number of amides is 1. The highest BCUT2D eigenvalue weighted by Crippen LogP contribution is 2.21. The van der Waals surface area contributed by atoms with Crippen LogP contribution >= 0.6 is 0 Å². The van der Waals surface area contributed by atoms with Gasteiger partial charge in [0.2, 0.25) is 5.91 Å². The van der Waals surface area contributed by atoms with Gasteiger partial charge in [-0.15, -0.1) is 0 Å². The number of nitrogens with zero attached hydrogens (tertiary/aromatic N) is 1. The second kappa shape index (κ2) is 6.75. The van der Waals surface area contributed by atoms with E-state index in [1.165, 1.54) is 0 Å². The third kappa shape index (κ3) is 3.12. The Balaban J connectivity index is 1.46. The molecule has 0 aliphatic carbocycles. The number of pyridine rings is 1. The number of H-pyrrole nitrogens is 3. The zero-order valence-corrected chi connectivity index (χ0v) is 15.0. The van der Waals surface area contributed by atoms with Crippen molar-refractivity contribution in [2.45, 2.75) is 19.8 Å². The third-order valence-electron chi connectivity index (χ3n) is 5.12. The first kappa shape index (κ1) is 17.1. The lowest BCUT2D eigenvalue weighted by atomic mass is 10.0. The van der Waals surface area contributed by atoms with Crippen LogP contribution in [0.25, 0.3) is 16.6 Å². The van der Waals surface area contributed by atoms with Crippen molar-refractivity contribution in [2.24, 2.45) is 0 Å². The minimum absolute atomic E-state index is 0.000874. The van der Waals surface area contributed by atoms with E-state index in [-0.39, 0.29) is 23.4 Å². The van der Waals surface area contributed by atoms with Crippen molar-refractivity contribution in [1.82, 2.24) is 20.1 Å². The van der Waals surface area contributed by atoms with Crippen LogP contribution in [-0.2, 0) is 11.2 Å². The molecule has 0 atom stereocenters. The van der Waals surface area contributed by atoms with Gasteiger partial charge in [-0.25, -0.2) is 0 Å². The molecule has 3 aromatic rings. The van der Waals surface area contributed by atoms with Crippen LogP contribution in [-0.4, -0.2) is 39.1 Å². The second-order valence-electron chi connectivity index (χ2n) is 6.76. The quantitative estimate of drug-likeness (QED) is 0.657. The first-order valence-electron chi connectivity index (χ1n) is 8.89. The molecule has 0 bridgehead atoms.